The summed E-state index contributed by atoms with van der Waals surface area (Å²) in [5, 5.41) is 10.3. The summed E-state index contributed by atoms with van der Waals surface area (Å²) >= 11 is 0. The van der Waals surface area contributed by atoms with Gasteiger partial charge >= 0.3 is 6.03 Å². The van der Waals surface area contributed by atoms with Crippen molar-refractivity contribution in [1.82, 2.24) is 25.0 Å². The predicted molar refractivity (Wildman–Crippen MR) is 142 cm³/mol. The van der Waals surface area contributed by atoms with Crippen molar-refractivity contribution in [3.05, 3.63) is 35.7 Å². The van der Waals surface area contributed by atoms with Crippen LogP contribution in [0.5, 0.6) is 0 Å². The fourth-order valence-corrected chi connectivity index (χ4v) is 5.82. The Morgan fingerprint density at radius 3 is 2.57 bits per heavy atom. The molecule has 1 saturated carbocycles. The third kappa shape index (κ3) is 5.47. The molecule has 4 amide bonds. The molecular weight excluding hydrogens is 470 g/mol. The number of carbonyl (C=O) groups excluding carboxylic acids is 3. The molecule has 2 fully saturated rings. The van der Waals surface area contributed by atoms with Crippen LogP contribution in [-0.2, 0) is 23.1 Å². The number of hydrogen-bond donors (Lipinski definition) is 2. The minimum atomic E-state index is -0.900. The number of likely N-dealkylation sites (N-methyl/N-ethyl adjacent to an activating group) is 1. The molecule has 2 N–H and O–H groups in total. The molecule has 3 atom stereocenters. The predicted octanol–water partition coefficient (Wildman–Crippen LogP) is 3.27. The maximum absolute atomic E-state index is 13.8. The molecule has 0 radical (unpaired) electrons. The number of aryl methyl sites for hydroxylation is 2. The van der Waals surface area contributed by atoms with Crippen LogP contribution in [0.2, 0.25) is 0 Å². The van der Waals surface area contributed by atoms with E-state index in [0.29, 0.717) is 24.0 Å². The van der Waals surface area contributed by atoms with E-state index in [9.17, 15) is 14.4 Å². The van der Waals surface area contributed by atoms with Gasteiger partial charge in [-0.25, -0.2) is 9.78 Å². The summed E-state index contributed by atoms with van der Waals surface area (Å²) in [6, 6.07) is 4.15. The van der Waals surface area contributed by atoms with E-state index in [0.717, 1.165) is 48.3 Å². The van der Waals surface area contributed by atoms with Gasteiger partial charge in [-0.05, 0) is 56.2 Å². The second-order valence-electron chi connectivity index (χ2n) is 10.3. The number of anilines is 2. The van der Waals surface area contributed by atoms with Gasteiger partial charge in [0.2, 0.25) is 5.91 Å². The fraction of sp³-hybridized carbons (Fsp3) is 0.593. The Hall–Kier alpha value is -3.43. The van der Waals surface area contributed by atoms with Gasteiger partial charge in [-0.3, -0.25) is 24.1 Å². The van der Waals surface area contributed by atoms with Crippen LogP contribution in [0.4, 0.5) is 16.4 Å². The summed E-state index contributed by atoms with van der Waals surface area (Å²) in [6.07, 6.45) is 8.47. The minimum Gasteiger partial charge on any atom is -0.373 e. The first-order chi connectivity index (χ1) is 17.7. The third-order valence-electron chi connectivity index (χ3n) is 7.85. The summed E-state index contributed by atoms with van der Waals surface area (Å²) in [7, 11) is 5.20. The Balaban J connectivity index is 1.59. The first-order valence-electron chi connectivity index (χ1n) is 13.3. The number of likely N-dealkylation sites (tertiary alicyclic amines) is 1. The van der Waals surface area contributed by atoms with Crippen LogP contribution in [0.1, 0.15) is 56.7 Å². The van der Waals surface area contributed by atoms with E-state index in [4.69, 9.17) is 0 Å². The lowest BCUT2D eigenvalue weighted by atomic mass is 9.81. The minimum absolute atomic E-state index is 0.00811. The number of amides is 4. The van der Waals surface area contributed by atoms with E-state index < -0.39 is 18.0 Å². The maximum Gasteiger partial charge on any atom is 0.325 e. The van der Waals surface area contributed by atoms with Gasteiger partial charge in [0.1, 0.15) is 17.7 Å². The van der Waals surface area contributed by atoms with Crippen molar-refractivity contribution in [2.45, 2.75) is 70.9 Å². The summed E-state index contributed by atoms with van der Waals surface area (Å²) in [5.74, 6) is 0.414. The van der Waals surface area contributed by atoms with Gasteiger partial charge in [0.05, 0.1) is 12.1 Å². The summed E-state index contributed by atoms with van der Waals surface area (Å²) in [4.78, 5) is 47.7. The van der Waals surface area contributed by atoms with Gasteiger partial charge in [-0.2, -0.15) is 5.10 Å². The Morgan fingerprint density at radius 2 is 1.95 bits per heavy atom. The molecule has 1 aliphatic heterocycles. The first-order valence-corrected chi connectivity index (χ1v) is 13.3. The average molecular weight is 510 g/mol. The molecule has 3 heterocycles. The lowest BCUT2D eigenvalue weighted by Gasteiger charge is -2.46. The highest BCUT2D eigenvalue weighted by Gasteiger charge is 2.55. The van der Waals surface area contributed by atoms with Gasteiger partial charge in [0, 0.05) is 38.9 Å². The number of urea groups is 1. The van der Waals surface area contributed by atoms with Crippen LogP contribution in [-0.4, -0.2) is 63.7 Å². The van der Waals surface area contributed by atoms with Gasteiger partial charge in [-0.15, -0.1) is 0 Å². The van der Waals surface area contributed by atoms with Crippen molar-refractivity contribution in [3.8, 4) is 0 Å². The lowest BCUT2D eigenvalue weighted by molar-refractivity contribution is -0.156. The molecule has 4 rings (SSSR count). The third-order valence-corrected chi connectivity index (χ3v) is 7.85. The van der Waals surface area contributed by atoms with Crippen LogP contribution in [0.3, 0.4) is 0 Å². The van der Waals surface area contributed by atoms with E-state index >= 15 is 0 Å². The lowest BCUT2D eigenvalue weighted by Crippen LogP contribution is -2.71. The van der Waals surface area contributed by atoms with Crippen LogP contribution in [0.25, 0.3) is 0 Å². The van der Waals surface area contributed by atoms with Gasteiger partial charge < -0.3 is 10.6 Å². The molecule has 37 heavy (non-hydrogen) atoms. The Bertz CT molecular complexity index is 1140. The molecule has 200 valence electrons. The molecule has 0 spiro atoms. The van der Waals surface area contributed by atoms with E-state index in [1.807, 2.05) is 19.1 Å². The Morgan fingerprint density at radius 1 is 1.22 bits per heavy atom. The number of pyridine rings is 1. The van der Waals surface area contributed by atoms with Crippen LogP contribution >= 0.6 is 0 Å². The normalized spacial score (nSPS) is 20.8. The quantitative estimate of drug-likeness (QED) is 0.528. The van der Waals surface area contributed by atoms with Crippen molar-refractivity contribution in [2.24, 2.45) is 18.9 Å². The number of hydrogen-bond acceptors (Lipinski definition) is 6. The highest BCUT2D eigenvalue weighted by molar-refractivity contribution is 6.12. The number of aromatic nitrogens is 3. The molecule has 2 aromatic heterocycles. The number of carbonyl (C=O) groups is 3. The van der Waals surface area contributed by atoms with E-state index in [-0.39, 0.29) is 17.9 Å². The van der Waals surface area contributed by atoms with Crippen molar-refractivity contribution in [1.29, 1.82) is 0 Å². The molecule has 10 heteroatoms. The second kappa shape index (κ2) is 11.3. The maximum atomic E-state index is 13.8. The largest absolute Gasteiger partial charge is 0.373 e. The second-order valence-corrected chi connectivity index (χ2v) is 10.3. The van der Waals surface area contributed by atoms with Crippen molar-refractivity contribution < 1.29 is 14.4 Å². The number of nitrogens with one attached hydrogen (secondary N) is 2. The van der Waals surface area contributed by atoms with E-state index in [1.54, 1.807) is 38.1 Å². The van der Waals surface area contributed by atoms with Crippen molar-refractivity contribution in [3.63, 3.8) is 0 Å². The van der Waals surface area contributed by atoms with Crippen LogP contribution in [0.15, 0.2) is 24.4 Å². The van der Waals surface area contributed by atoms with Crippen LogP contribution in [0, 0.1) is 18.8 Å². The van der Waals surface area contributed by atoms with Gasteiger partial charge in [0.25, 0.3) is 5.91 Å². The highest BCUT2D eigenvalue weighted by atomic mass is 16.2. The average Bonchev–Trinajstić information content (AvgIpc) is 3.33. The zero-order chi connectivity index (χ0) is 26.7. The van der Waals surface area contributed by atoms with Crippen molar-refractivity contribution >= 4 is 29.5 Å². The molecule has 10 nitrogen and oxygen atoms in total. The number of nitrogens with zero attached hydrogens (tertiary/aromatic N) is 5. The number of imide groups is 1. The van der Waals surface area contributed by atoms with Crippen molar-refractivity contribution in [2.75, 3.05) is 24.3 Å². The molecule has 2 aromatic rings. The number of β-lactam (4-membered cyclic amide) rings is 1. The van der Waals surface area contributed by atoms with Gasteiger partial charge in [-0.1, -0.05) is 26.2 Å². The molecule has 0 bridgehead atoms. The van der Waals surface area contributed by atoms with Crippen LogP contribution < -0.4 is 15.5 Å². The Kier molecular flexibility index (Phi) is 8.14. The first kappa shape index (κ1) is 26.6. The van der Waals surface area contributed by atoms with E-state index in [1.165, 1.54) is 11.3 Å². The monoisotopic (exact) mass is 509 g/mol. The summed E-state index contributed by atoms with van der Waals surface area (Å²) in [6.45, 7) is 3.95. The van der Waals surface area contributed by atoms with E-state index in [2.05, 4.69) is 27.6 Å². The molecule has 1 aliphatic carbocycles. The fourth-order valence-electron chi connectivity index (χ4n) is 5.82. The zero-order valence-electron chi connectivity index (χ0n) is 22.5. The number of rotatable bonds is 8. The smallest absolute Gasteiger partial charge is 0.325 e. The molecule has 2 aliphatic rings. The zero-order valence-corrected chi connectivity index (χ0v) is 22.5. The van der Waals surface area contributed by atoms with Gasteiger partial charge in [0.15, 0.2) is 0 Å². The molecule has 0 aromatic carbocycles. The summed E-state index contributed by atoms with van der Waals surface area (Å²) < 4.78 is 1.60. The molecule has 1 saturated heterocycles. The highest BCUT2D eigenvalue weighted by Crippen LogP contribution is 2.34. The Labute approximate surface area is 218 Å². The summed E-state index contributed by atoms with van der Waals surface area (Å²) in [5.41, 5.74) is 1.71. The SMILES string of the molecule is CC[C@@H](NC(=O)N1C(=O)[C@H](Cc2cc(C)nc(NC)c2)[C@H]1C(=O)N(C)c1ccnn1C)C1CCCCC1. The molecule has 0 unspecified atom stereocenters. The molecular formula is C27H39N7O3. The topological polar surface area (TPSA) is 112 Å². The standard InChI is InChI=1S/C27H39N7O3/c1-6-21(19-10-8-7-9-11-19)31-27(37)34-24(26(36)32(4)23-12-13-29-33(23)5)20(25(34)35)15-18-14-17(2)30-22(16-18)28-3/h12-14,16,19-21,24H,6-11,15H2,1-5H3,(H,28,30)(H,31,37)/t20-,21-,24+/m1/s1.